The molecule has 0 bridgehead atoms. The van der Waals surface area contributed by atoms with Crippen molar-refractivity contribution in [1.29, 1.82) is 0 Å². The summed E-state index contributed by atoms with van der Waals surface area (Å²) < 4.78 is 0. The van der Waals surface area contributed by atoms with Gasteiger partial charge in [-0.05, 0) is 22.9 Å². The van der Waals surface area contributed by atoms with Gasteiger partial charge in [-0.1, -0.05) is 23.7 Å². The lowest BCUT2D eigenvalue weighted by molar-refractivity contribution is 0.628. The van der Waals surface area contributed by atoms with Crippen LogP contribution in [0.25, 0.3) is 21.3 Å². The maximum absolute atomic E-state index is 5.99. The number of aryl methyl sites for hydroxylation is 1. The Morgan fingerprint density at radius 2 is 2.04 bits per heavy atom. The van der Waals surface area contributed by atoms with Gasteiger partial charge in [0.2, 0.25) is 0 Å². The lowest BCUT2D eigenvalue weighted by atomic mass is 10.1. The van der Waals surface area contributed by atoms with Crippen molar-refractivity contribution in [1.82, 2.24) is 30.2 Å². The van der Waals surface area contributed by atoms with E-state index in [4.69, 9.17) is 11.6 Å². The number of nitrogens with zero attached hydrogens (tertiary/aromatic N) is 6. The highest BCUT2D eigenvalue weighted by Crippen LogP contribution is 2.36. The van der Waals surface area contributed by atoms with E-state index in [1.165, 1.54) is 4.80 Å². The molecule has 7 nitrogen and oxygen atoms in total. The Hall–Kier alpha value is -2.58. The highest BCUT2D eigenvalue weighted by Gasteiger charge is 2.13. The average molecular weight is 358 g/mol. The predicted octanol–water partition coefficient (Wildman–Crippen LogP) is 3.15. The summed E-state index contributed by atoms with van der Waals surface area (Å²) in [6.07, 6.45) is 1.55. The molecule has 0 aliphatic rings. The van der Waals surface area contributed by atoms with Crippen LogP contribution in [0.5, 0.6) is 0 Å². The van der Waals surface area contributed by atoms with E-state index in [0.29, 0.717) is 17.4 Å². The second-order valence-corrected chi connectivity index (χ2v) is 6.40. The molecular weight excluding hydrogens is 346 g/mol. The average Bonchev–Trinajstić information content (AvgIpc) is 3.20. The summed E-state index contributed by atoms with van der Waals surface area (Å²) in [5, 5.41) is 19.0. The first-order valence-electron chi connectivity index (χ1n) is 7.15. The second kappa shape index (κ2) is 6.14. The van der Waals surface area contributed by atoms with E-state index < -0.39 is 0 Å². The van der Waals surface area contributed by atoms with Crippen molar-refractivity contribution in [3.05, 3.63) is 46.8 Å². The molecule has 0 aliphatic carbocycles. The van der Waals surface area contributed by atoms with E-state index in [9.17, 15) is 0 Å². The Balaban J connectivity index is 1.72. The molecule has 0 unspecified atom stereocenters. The fourth-order valence-electron chi connectivity index (χ4n) is 2.41. The molecule has 4 rings (SSSR count). The molecule has 0 radical (unpaired) electrons. The largest absolute Gasteiger partial charge is 0.362 e. The summed E-state index contributed by atoms with van der Waals surface area (Å²) in [7, 11) is 1.73. The maximum atomic E-state index is 5.99. The Bertz CT molecular complexity index is 993. The molecule has 0 atom stereocenters. The van der Waals surface area contributed by atoms with Crippen molar-refractivity contribution in [2.45, 2.75) is 6.54 Å². The monoisotopic (exact) mass is 357 g/mol. The molecule has 24 heavy (non-hydrogen) atoms. The van der Waals surface area contributed by atoms with Crippen molar-refractivity contribution < 1.29 is 0 Å². The minimum absolute atomic E-state index is 0.440. The molecule has 3 aromatic heterocycles. The van der Waals surface area contributed by atoms with Gasteiger partial charge in [0, 0.05) is 16.0 Å². The SMILES string of the molecule is Cn1nnc(CNc2ncnc3scc(-c4ccc(Cl)cc4)c23)n1. The lowest BCUT2D eigenvalue weighted by Crippen LogP contribution is -2.04. The first kappa shape index (κ1) is 15.0. The van der Waals surface area contributed by atoms with Crippen LogP contribution in [0.3, 0.4) is 0 Å². The molecular formula is C15H12ClN7S. The van der Waals surface area contributed by atoms with Gasteiger partial charge in [-0.25, -0.2) is 9.97 Å². The van der Waals surface area contributed by atoms with Crippen LogP contribution in [0.1, 0.15) is 5.82 Å². The van der Waals surface area contributed by atoms with Crippen LogP contribution in [0.2, 0.25) is 5.02 Å². The van der Waals surface area contributed by atoms with E-state index in [0.717, 1.165) is 27.2 Å². The van der Waals surface area contributed by atoms with Crippen LogP contribution in [-0.2, 0) is 13.6 Å². The standard InChI is InChI=1S/C15H12ClN7S/c1-23-21-12(20-22-23)6-17-14-13-11(7-24-15(13)19-8-18-14)9-2-4-10(16)5-3-9/h2-5,7-8H,6H2,1H3,(H,17,18,19). The lowest BCUT2D eigenvalue weighted by Gasteiger charge is -2.06. The number of aromatic nitrogens is 6. The number of rotatable bonds is 4. The summed E-state index contributed by atoms with van der Waals surface area (Å²) in [6.45, 7) is 0.440. The summed E-state index contributed by atoms with van der Waals surface area (Å²) in [6, 6.07) is 7.73. The smallest absolute Gasteiger partial charge is 0.193 e. The fourth-order valence-corrected chi connectivity index (χ4v) is 3.45. The third kappa shape index (κ3) is 2.81. The molecule has 0 saturated carbocycles. The van der Waals surface area contributed by atoms with Gasteiger partial charge >= 0.3 is 0 Å². The number of benzene rings is 1. The zero-order valence-electron chi connectivity index (χ0n) is 12.6. The van der Waals surface area contributed by atoms with Crippen molar-refractivity contribution >= 4 is 39.0 Å². The van der Waals surface area contributed by atoms with Crippen molar-refractivity contribution in [3.63, 3.8) is 0 Å². The molecule has 1 aromatic carbocycles. The van der Waals surface area contributed by atoms with Crippen LogP contribution < -0.4 is 5.32 Å². The third-order valence-corrected chi connectivity index (χ3v) is 4.63. The van der Waals surface area contributed by atoms with E-state index in [1.807, 2.05) is 24.3 Å². The highest BCUT2D eigenvalue weighted by atomic mass is 35.5. The van der Waals surface area contributed by atoms with Crippen LogP contribution >= 0.6 is 22.9 Å². The van der Waals surface area contributed by atoms with Gasteiger partial charge in [-0.3, -0.25) is 0 Å². The Morgan fingerprint density at radius 3 is 2.79 bits per heavy atom. The molecule has 0 spiro atoms. The number of hydrogen-bond acceptors (Lipinski definition) is 7. The normalized spacial score (nSPS) is 11.1. The van der Waals surface area contributed by atoms with Gasteiger partial charge in [0.15, 0.2) is 5.82 Å². The first-order chi connectivity index (χ1) is 11.7. The van der Waals surface area contributed by atoms with Crippen LogP contribution in [0, 0.1) is 0 Å². The van der Waals surface area contributed by atoms with Crippen LogP contribution in [-0.4, -0.2) is 30.2 Å². The van der Waals surface area contributed by atoms with E-state index in [-0.39, 0.29) is 0 Å². The predicted molar refractivity (Wildman–Crippen MR) is 94.0 cm³/mol. The van der Waals surface area contributed by atoms with E-state index in [2.05, 4.69) is 36.1 Å². The fraction of sp³-hybridized carbons (Fsp3) is 0.133. The minimum Gasteiger partial charge on any atom is -0.362 e. The number of anilines is 1. The van der Waals surface area contributed by atoms with Gasteiger partial charge in [0.05, 0.1) is 19.0 Å². The number of tetrazole rings is 1. The molecule has 4 aromatic rings. The van der Waals surface area contributed by atoms with Gasteiger partial charge in [0.25, 0.3) is 0 Å². The maximum Gasteiger partial charge on any atom is 0.193 e. The van der Waals surface area contributed by atoms with Crippen molar-refractivity contribution in [3.8, 4) is 11.1 Å². The number of thiophene rings is 1. The molecule has 0 aliphatic heterocycles. The quantitative estimate of drug-likeness (QED) is 0.604. The summed E-state index contributed by atoms with van der Waals surface area (Å²) in [5.74, 6) is 1.35. The molecule has 0 saturated heterocycles. The van der Waals surface area contributed by atoms with Gasteiger partial charge < -0.3 is 5.32 Å². The topological polar surface area (TPSA) is 81.4 Å². The van der Waals surface area contributed by atoms with Gasteiger partial charge in [-0.15, -0.1) is 21.5 Å². The third-order valence-electron chi connectivity index (χ3n) is 3.49. The Labute approximate surface area is 146 Å². The molecule has 3 heterocycles. The second-order valence-electron chi connectivity index (χ2n) is 5.11. The number of nitrogens with one attached hydrogen (secondary N) is 1. The highest BCUT2D eigenvalue weighted by molar-refractivity contribution is 7.17. The number of hydrogen-bond donors (Lipinski definition) is 1. The summed E-state index contributed by atoms with van der Waals surface area (Å²) in [4.78, 5) is 11.1. The molecule has 120 valence electrons. The Kier molecular flexibility index (Phi) is 3.83. The van der Waals surface area contributed by atoms with Crippen molar-refractivity contribution in [2.75, 3.05) is 5.32 Å². The van der Waals surface area contributed by atoms with E-state index in [1.54, 1.807) is 24.7 Å². The number of halogens is 1. The van der Waals surface area contributed by atoms with E-state index >= 15 is 0 Å². The van der Waals surface area contributed by atoms with Crippen LogP contribution in [0.15, 0.2) is 36.0 Å². The van der Waals surface area contributed by atoms with Crippen molar-refractivity contribution in [2.24, 2.45) is 7.05 Å². The number of fused-ring (bicyclic) bond motifs is 1. The molecule has 0 fully saturated rings. The van der Waals surface area contributed by atoms with Crippen LogP contribution in [0.4, 0.5) is 5.82 Å². The summed E-state index contributed by atoms with van der Waals surface area (Å²) in [5.41, 5.74) is 2.14. The zero-order valence-corrected chi connectivity index (χ0v) is 14.2. The first-order valence-corrected chi connectivity index (χ1v) is 8.41. The minimum atomic E-state index is 0.440. The molecule has 9 heteroatoms. The molecule has 1 N–H and O–H groups in total. The van der Waals surface area contributed by atoms with Gasteiger partial charge in [0.1, 0.15) is 17.0 Å². The zero-order chi connectivity index (χ0) is 16.5. The Morgan fingerprint density at radius 1 is 1.21 bits per heavy atom. The summed E-state index contributed by atoms with van der Waals surface area (Å²) >= 11 is 7.57. The van der Waals surface area contributed by atoms with Gasteiger partial charge in [-0.2, -0.15) is 4.80 Å². The molecule has 0 amide bonds.